The summed E-state index contributed by atoms with van der Waals surface area (Å²) < 4.78 is 0. The minimum atomic E-state index is -0.660. The van der Waals surface area contributed by atoms with Crippen molar-refractivity contribution in [1.29, 1.82) is 0 Å². The molecule has 2 amide bonds. The summed E-state index contributed by atoms with van der Waals surface area (Å²) in [5.74, 6) is 0.857. The molecule has 0 aromatic carbocycles. The molecule has 1 aromatic heterocycles. The van der Waals surface area contributed by atoms with E-state index >= 15 is 0 Å². The first-order valence-electron chi connectivity index (χ1n) is 7.75. The number of nitrogens with one attached hydrogen (secondary N) is 1. The standard InChI is InChI=1S/C16H20N2O2S/c1-16(11-6-7-11)15(20)17-13(10-4-5-10)14(19)18(16)9-12-3-2-8-21-12/h2-3,8,10-11,13H,4-7,9H2,1H3,(H,17,20). The summed E-state index contributed by atoms with van der Waals surface area (Å²) in [5.41, 5.74) is -0.660. The molecule has 0 radical (unpaired) electrons. The van der Waals surface area contributed by atoms with Gasteiger partial charge < -0.3 is 10.2 Å². The third-order valence-corrected chi connectivity index (χ3v) is 6.06. The zero-order valence-corrected chi connectivity index (χ0v) is 13.0. The quantitative estimate of drug-likeness (QED) is 0.926. The second kappa shape index (κ2) is 4.57. The zero-order chi connectivity index (χ0) is 14.6. The second-order valence-corrected chi connectivity index (χ2v) is 7.75. The maximum Gasteiger partial charge on any atom is 0.246 e. The van der Waals surface area contributed by atoms with Gasteiger partial charge in [-0.2, -0.15) is 0 Å². The van der Waals surface area contributed by atoms with Crippen LogP contribution in [0.2, 0.25) is 0 Å². The van der Waals surface area contributed by atoms with E-state index < -0.39 is 5.54 Å². The third-order valence-electron chi connectivity index (χ3n) is 5.20. The lowest BCUT2D eigenvalue weighted by atomic mass is 9.87. The van der Waals surface area contributed by atoms with Gasteiger partial charge in [0.2, 0.25) is 11.8 Å². The Morgan fingerprint density at radius 2 is 2.10 bits per heavy atom. The Labute approximate surface area is 128 Å². The molecule has 112 valence electrons. The van der Waals surface area contributed by atoms with E-state index in [4.69, 9.17) is 0 Å². The number of amides is 2. The average Bonchev–Trinajstić information content (AvgIpc) is 3.38. The van der Waals surface area contributed by atoms with E-state index in [2.05, 4.69) is 5.32 Å². The fraction of sp³-hybridized carbons (Fsp3) is 0.625. The van der Waals surface area contributed by atoms with Crippen molar-refractivity contribution < 1.29 is 9.59 Å². The van der Waals surface area contributed by atoms with Crippen LogP contribution in [0.15, 0.2) is 17.5 Å². The maximum atomic E-state index is 12.9. The van der Waals surface area contributed by atoms with Gasteiger partial charge in [-0.1, -0.05) is 6.07 Å². The number of carbonyl (C=O) groups excluding carboxylic acids is 2. The summed E-state index contributed by atoms with van der Waals surface area (Å²) in [6.07, 6.45) is 4.21. The zero-order valence-electron chi connectivity index (χ0n) is 12.2. The monoisotopic (exact) mass is 304 g/mol. The predicted octanol–water partition coefficient (Wildman–Crippen LogP) is 2.15. The van der Waals surface area contributed by atoms with Crippen LogP contribution < -0.4 is 5.32 Å². The highest BCUT2D eigenvalue weighted by Crippen LogP contribution is 2.47. The van der Waals surface area contributed by atoms with Crippen LogP contribution in [0.4, 0.5) is 0 Å². The number of rotatable bonds is 4. The van der Waals surface area contributed by atoms with Crippen LogP contribution in [0.1, 0.15) is 37.5 Å². The van der Waals surface area contributed by atoms with E-state index in [1.165, 1.54) is 0 Å². The molecule has 4 nitrogen and oxygen atoms in total. The summed E-state index contributed by atoms with van der Waals surface area (Å²) in [6.45, 7) is 2.52. The SMILES string of the molecule is CC1(C2CC2)C(=O)NC(C2CC2)C(=O)N1Cc1cccs1. The first-order valence-corrected chi connectivity index (χ1v) is 8.63. The molecule has 3 fully saturated rings. The molecule has 3 aliphatic rings. The van der Waals surface area contributed by atoms with Gasteiger partial charge in [0.25, 0.3) is 0 Å². The third kappa shape index (κ3) is 2.09. The molecule has 2 heterocycles. The Kier molecular flexibility index (Phi) is 2.89. The summed E-state index contributed by atoms with van der Waals surface area (Å²) in [4.78, 5) is 28.7. The van der Waals surface area contributed by atoms with Crippen molar-refractivity contribution >= 4 is 23.2 Å². The lowest BCUT2D eigenvalue weighted by Gasteiger charge is -2.46. The molecule has 1 aromatic rings. The van der Waals surface area contributed by atoms with Gasteiger partial charge in [0.15, 0.2) is 0 Å². The molecular formula is C16H20N2O2S. The Hall–Kier alpha value is -1.36. The predicted molar refractivity (Wildman–Crippen MR) is 80.7 cm³/mol. The lowest BCUT2D eigenvalue weighted by Crippen LogP contribution is -2.70. The summed E-state index contributed by atoms with van der Waals surface area (Å²) in [7, 11) is 0. The molecule has 2 atom stereocenters. The second-order valence-electron chi connectivity index (χ2n) is 6.71. The number of hydrogen-bond acceptors (Lipinski definition) is 3. The van der Waals surface area contributed by atoms with Crippen LogP contribution in [0.3, 0.4) is 0 Å². The molecule has 1 saturated heterocycles. The Morgan fingerprint density at radius 3 is 2.67 bits per heavy atom. The van der Waals surface area contributed by atoms with E-state index in [0.29, 0.717) is 18.4 Å². The van der Waals surface area contributed by atoms with Crippen molar-refractivity contribution in [3.8, 4) is 0 Å². The van der Waals surface area contributed by atoms with Crippen molar-refractivity contribution in [2.75, 3.05) is 0 Å². The molecule has 4 rings (SSSR count). The first kappa shape index (κ1) is 13.3. The summed E-state index contributed by atoms with van der Waals surface area (Å²) >= 11 is 1.65. The van der Waals surface area contributed by atoms with Gasteiger partial charge >= 0.3 is 0 Å². The van der Waals surface area contributed by atoms with Crippen molar-refractivity contribution in [1.82, 2.24) is 10.2 Å². The van der Waals surface area contributed by atoms with Crippen molar-refractivity contribution in [3.05, 3.63) is 22.4 Å². The molecule has 1 aliphatic heterocycles. The Balaban J connectivity index is 1.67. The number of thiophene rings is 1. The van der Waals surface area contributed by atoms with Gasteiger partial charge in [-0.05, 0) is 55.9 Å². The smallest absolute Gasteiger partial charge is 0.246 e. The maximum absolute atomic E-state index is 12.9. The molecule has 5 heteroatoms. The van der Waals surface area contributed by atoms with Crippen LogP contribution in [-0.2, 0) is 16.1 Å². The van der Waals surface area contributed by atoms with Crippen molar-refractivity contribution in [2.24, 2.45) is 11.8 Å². The number of nitrogens with zero attached hydrogens (tertiary/aromatic N) is 1. The van der Waals surface area contributed by atoms with Gasteiger partial charge in [0, 0.05) is 4.88 Å². The van der Waals surface area contributed by atoms with Crippen LogP contribution >= 0.6 is 11.3 Å². The highest BCUT2D eigenvalue weighted by molar-refractivity contribution is 7.09. The highest BCUT2D eigenvalue weighted by Gasteiger charge is 2.58. The molecule has 0 bridgehead atoms. The minimum Gasteiger partial charge on any atom is -0.342 e. The Morgan fingerprint density at radius 1 is 1.33 bits per heavy atom. The molecule has 0 spiro atoms. The summed E-state index contributed by atoms with van der Waals surface area (Å²) in [5, 5.41) is 5.05. The molecule has 2 saturated carbocycles. The van der Waals surface area contributed by atoms with E-state index in [1.54, 1.807) is 11.3 Å². The first-order chi connectivity index (χ1) is 10.1. The van der Waals surface area contributed by atoms with E-state index in [1.807, 2.05) is 29.3 Å². The number of carbonyl (C=O) groups is 2. The van der Waals surface area contributed by atoms with Gasteiger partial charge in [-0.3, -0.25) is 9.59 Å². The molecular weight excluding hydrogens is 284 g/mol. The van der Waals surface area contributed by atoms with E-state index in [0.717, 1.165) is 30.6 Å². The number of piperazine rings is 1. The van der Waals surface area contributed by atoms with Gasteiger partial charge in [0.1, 0.15) is 11.6 Å². The van der Waals surface area contributed by atoms with E-state index in [-0.39, 0.29) is 17.9 Å². The van der Waals surface area contributed by atoms with Crippen LogP contribution in [0.5, 0.6) is 0 Å². The Bertz CT molecular complexity index is 577. The van der Waals surface area contributed by atoms with Crippen LogP contribution in [0, 0.1) is 11.8 Å². The summed E-state index contributed by atoms with van der Waals surface area (Å²) in [6, 6.07) is 3.76. The minimum absolute atomic E-state index is 0.0538. The molecule has 2 aliphatic carbocycles. The van der Waals surface area contributed by atoms with Gasteiger partial charge in [0.05, 0.1) is 6.54 Å². The normalized spacial score (nSPS) is 33.2. The fourth-order valence-corrected chi connectivity index (χ4v) is 4.16. The fourth-order valence-electron chi connectivity index (χ4n) is 3.47. The van der Waals surface area contributed by atoms with Gasteiger partial charge in [-0.25, -0.2) is 0 Å². The molecule has 21 heavy (non-hydrogen) atoms. The lowest BCUT2D eigenvalue weighted by molar-refractivity contribution is -0.159. The van der Waals surface area contributed by atoms with Crippen LogP contribution in [0.25, 0.3) is 0 Å². The largest absolute Gasteiger partial charge is 0.342 e. The highest BCUT2D eigenvalue weighted by atomic mass is 32.1. The van der Waals surface area contributed by atoms with Crippen molar-refractivity contribution in [2.45, 2.75) is 50.7 Å². The van der Waals surface area contributed by atoms with Gasteiger partial charge in [-0.15, -0.1) is 11.3 Å². The van der Waals surface area contributed by atoms with Crippen LogP contribution in [-0.4, -0.2) is 28.3 Å². The molecule has 2 unspecified atom stereocenters. The molecule has 1 N–H and O–H groups in total. The number of hydrogen-bond donors (Lipinski definition) is 1. The average molecular weight is 304 g/mol. The van der Waals surface area contributed by atoms with Crippen molar-refractivity contribution in [3.63, 3.8) is 0 Å². The topological polar surface area (TPSA) is 49.4 Å². The van der Waals surface area contributed by atoms with E-state index in [9.17, 15) is 9.59 Å².